The number of ether oxygens (including phenoxy) is 1. The molecule has 0 bridgehead atoms. The maximum absolute atomic E-state index is 12.8. The number of phenolic OH excluding ortho intramolecular Hbond substituents is 1. The molecule has 0 atom stereocenters. The summed E-state index contributed by atoms with van der Waals surface area (Å²) in [7, 11) is 0. The number of pyridine rings is 1. The Balaban J connectivity index is 1.72. The second kappa shape index (κ2) is 8.67. The van der Waals surface area contributed by atoms with Crippen molar-refractivity contribution in [1.82, 2.24) is 4.98 Å². The Hall–Kier alpha value is -3.34. The molecule has 1 heterocycles. The van der Waals surface area contributed by atoms with E-state index in [1.54, 1.807) is 30.5 Å². The fraction of sp³-hybridized carbons (Fsp3) is 0.143. The average molecular weight is 348 g/mol. The van der Waals surface area contributed by atoms with Crippen LogP contribution in [-0.2, 0) is 11.3 Å². The van der Waals surface area contributed by atoms with Gasteiger partial charge >= 0.3 is 0 Å². The highest BCUT2D eigenvalue weighted by Gasteiger charge is 2.19. The van der Waals surface area contributed by atoms with E-state index in [9.17, 15) is 9.90 Å². The van der Waals surface area contributed by atoms with Crippen molar-refractivity contribution in [2.45, 2.75) is 13.0 Å². The van der Waals surface area contributed by atoms with E-state index in [0.29, 0.717) is 5.69 Å². The van der Waals surface area contributed by atoms with E-state index < -0.39 is 0 Å². The summed E-state index contributed by atoms with van der Waals surface area (Å²) in [5.41, 5.74) is 1.20. The summed E-state index contributed by atoms with van der Waals surface area (Å²) >= 11 is 0. The molecule has 1 aromatic heterocycles. The summed E-state index contributed by atoms with van der Waals surface area (Å²) in [6, 6.07) is 21.7. The molecular formula is C21H20N2O3. The number of benzene rings is 2. The molecule has 0 fully saturated rings. The van der Waals surface area contributed by atoms with Gasteiger partial charge in [0.2, 0.25) is 5.91 Å². The Morgan fingerprint density at radius 3 is 2.42 bits per heavy atom. The first-order valence-corrected chi connectivity index (χ1v) is 8.40. The smallest absolute Gasteiger partial charge is 0.230 e. The Morgan fingerprint density at radius 2 is 1.69 bits per heavy atom. The van der Waals surface area contributed by atoms with Gasteiger partial charge in [0.05, 0.1) is 31.0 Å². The molecule has 1 amide bonds. The lowest BCUT2D eigenvalue weighted by atomic mass is 10.2. The molecule has 3 aromatic rings. The number of hydrogen-bond acceptors (Lipinski definition) is 4. The van der Waals surface area contributed by atoms with E-state index in [-0.39, 0.29) is 31.2 Å². The Bertz CT molecular complexity index is 838. The van der Waals surface area contributed by atoms with Gasteiger partial charge in [0.1, 0.15) is 11.5 Å². The molecule has 5 heteroatoms. The van der Waals surface area contributed by atoms with E-state index >= 15 is 0 Å². The minimum atomic E-state index is -0.145. The molecule has 5 nitrogen and oxygen atoms in total. The number of hydrogen-bond donors (Lipinski definition) is 1. The van der Waals surface area contributed by atoms with Crippen LogP contribution in [0.1, 0.15) is 12.1 Å². The molecule has 0 unspecified atom stereocenters. The Labute approximate surface area is 152 Å². The van der Waals surface area contributed by atoms with Gasteiger partial charge in [-0.05, 0) is 36.4 Å². The fourth-order valence-corrected chi connectivity index (χ4v) is 2.56. The van der Waals surface area contributed by atoms with Crippen molar-refractivity contribution in [1.29, 1.82) is 0 Å². The van der Waals surface area contributed by atoms with Crippen molar-refractivity contribution in [3.05, 3.63) is 84.7 Å². The molecular weight excluding hydrogens is 328 g/mol. The summed E-state index contributed by atoms with van der Waals surface area (Å²) in [6.07, 6.45) is 1.87. The number of carbonyl (C=O) groups is 1. The van der Waals surface area contributed by atoms with Crippen LogP contribution in [0.15, 0.2) is 79.0 Å². The lowest BCUT2D eigenvalue weighted by molar-refractivity contribution is -0.119. The highest BCUT2D eigenvalue weighted by atomic mass is 16.5. The van der Waals surface area contributed by atoms with E-state index in [1.165, 1.54) is 4.90 Å². The first kappa shape index (κ1) is 17.5. The molecule has 3 rings (SSSR count). The zero-order valence-corrected chi connectivity index (χ0v) is 14.3. The van der Waals surface area contributed by atoms with E-state index in [2.05, 4.69) is 4.98 Å². The zero-order chi connectivity index (χ0) is 18.2. The summed E-state index contributed by atoms with van der Waals surface area (Å²) in [4.78, 5) is 18.6. The van der Waals surface area contributed by atoms with Crippen molar-refractivity contribution in [3.63, 3.8) is 0 Å². The molecule has 0 radical (unpaired) electrons. The Kier molecular flexibility index (Phi) is 5.83. The molecule has 0 aliphatic carbocycles. The first-order chi connectivity index (χ1) is 12.7. The van der Waals surface area contributed by atoms with Gasteiger partial charge in [-0.25, -0.2) is 0 Å². The van der Waals surface area contributed by atoms with Gasteiger partial charge in [0.15, 0.2) is 0 Å². The number of rotatable bonds is 7. The van der Waals surface area contributed by atoms with Crippen LogP contribution in [0.4, 0.5) is 5.69 Å². The molecule has 0 saturated heterocycles. The third kappa shape index (κ3) is 4.60. The summed E-state index contributed by atoms with van der Waals surface area (Å²) in [5, 5.41) is 10.2. The van der Waals surface area contributed by atoms with Crippen molar-refractivity contribution < 1.29 is 14.6 Å². The number of phenols is 1. The number of amides is 1. The van der Waals surface area contributed by atoms with Crippen LogP contribution in [0.5, 0.6) is 11.5 Å². The number of para-hydroxylation sites is 3. The Morgan fingerprint density at radius 1 is 0.962 bits per heavy atom. The maximum Gasteiger partial charge on any atom is 0.230 e. The first-order valence-electron chi connectivity index (χ1n) is 8.40. The predicted molar refractivity (Wildman–Crippen MR) is 100 cm³/mol. The molecule has 0 aliphatic rings. The highest BCUT2D eigenvalue weighted by molar-refractivity contribution is 5.94. The van der Waals surface area contributed by atoms with Crippen LogP contribution < -0.4 is 9.64 Å². The van der Waals surface area contributed by atoms with Crippen molar-refractivity contribution in [2.75, 3.05) is 11.5 Å². The zero-order valence-electron chi connectivity index (χ0n) is 14.3. The molecule has 2 aromatic carbocycles. The maximum atomic E-state index is 12.8. The van der Waals surface area contributed by atoms with Crippen LogP contribution in [0.3, 0.4) is 0 Å². The van der Waals surface area contributed by atoms with E-state index in [1.807, 2.05) is 48.5 Å². The van der Waals surface area contributed by atoms with Gasteiger partial charge in [-0.2, -0.15) is 0 Å². The largest absolute Gasteiger partial charge is 0.506 e. The monoisotopic (exact) mass is 348 g/mol. The summed E-state index contributed by atoms with van der Waals surface area (Å²) < 4.78 is 5.62. The third-order valence-corrected chi connectivity index (χ3v) is 3.85. The average Bonchev–Trinajstić information content (AvgIpc) is 2.68. The van der Waals surface area contributed by atoms with Crippen LogP contribution in [-0.4, -0.2) is 22.6 Å². The predicted octanol–water partition coefficient (Wildman–Crippen LogP) is 3.79. The van der Waals surface area contributed by atoms with Crippen LogP contribution in [0, 0.1) is 0 Å². The van der Waals surface area contributed by atoms with Crippen molar-refractivity contribution in [3.8, 4) is 11.5 Å². The molecule has 1 N–H and O–H groups in total. The van der Waals surface area contributed by atoms with E-state index in [4.69, 9.17) is 4.74 Å². The number of nitrogens with zero attached hydrogens (tertiary/aromatic N) is 2. The summed E-state index contributed by atoms with van der Waals surface area (Å²) in [6.45, 7) is 0.539. The van der Waals surface area contributed by atoms with Gasteiger partial charge in [-0.1, -0.05) is 36.4 Å². The number of aromatic hydroxyl groups is 1. The molecule has 0 aliphatic heterocycles. The second-order valence-electron chi connectivity index (χ2n) is 5.70. The summed E-state index contributed by atoms with van der Waals surface area (Å²) in [5.74, 6) is 0.632. The second-order valence-corrected chi connectivity index (χ2v) is 5.70. The van der Waals surface area contributed by atoms with Crippen molar-refractivity contribution in [2.24, 2.45) is 0 Å². The molecule has 0 spiro atoms. The van der Waals surface area contributed by atoms with Gasteiger partial charge in [0.25, 0.3) is 0 Å². The minimum Gasteiger partial charge on any atom is -0.506 e. The van der Waals surface area contributed by atoms with Crippen LogP contribution in [0.2, 0.25) is 0 Å². The highest BCUT2D eigenvalue weighted by Crippen LogP contribution is 2.28. The number of aromatic nitrogens is 1. The lowest BCUT2D eigenvalue weighted by Gasteiger charge is -2.23. The standard InChI is InChI=1S/C21H20N2O3/c24-20-12-5-4-11-19(20)23(16-17-8-6-7-14-22-17)21(25)13-15-26-18-9-2-1-3-10-18/h1-12,14,24H,13,15-16H2. The van der Waals surface area contributed by atoms with E-state index in [0.717, 1.165) is 11.4 Å². The normalized spacial score (nSPS) is 10.3. The van der Waals surface area contributed by atoms with Crippen LogP contribution >= 0.6 is 0 Å². The van der Waals surface area contributed by atoms with Crippen molar-refractivity contribution >= 4 is 11.6 Å². The van der Waals surface area contributed by atoms with Gasteiger partial charge < -0.3 is 14.7 Å². The topological polar surface area (TPSA) is 62.7 Å². The molecule has 26 heavy (non-hydrogen) atoms. The third-order valence-electron chi connectivity index (χ3n) is 3.85. The van der Waals surface area contributed by atoms with Gasteiger partial charge in [-0.3, -0.25) is 9.78 Å². The van der Waals surface area contributed by atoms with Crippen LogP contribution in [0.25, 0.3) is 0 Å². The minimum absolute atomic E-state index is 0.0563. The molecule has 132 valence electrons. The van der Waals surface area contributed by atoms with Gasteiger partial charge in [0, 0.05) is 6.20 Å². The molecule has 0 saturated carbocycles. The quantitative estimate of drug-likeness (QED) is 0.706. The SMILES string of the molecule is O=C(CCOc1ccccc1)N(Cc1ccccn1)c1ccccc1O. The fourth-order valence-electron chi connectivity index (χ4n) is 2.56. The number of carbonyl (C=O) groups excluding carboxylic acids is 1. The number of anilines is 1. The lowest BCUT2D eigenvalue weighted by Crippen LogP contribution is -2.31. The van der Waals surface area contributed by atoms with Gasteiger partial charge in [-0.15, -0.1) is 0 Å².